The quantitative estimate of drug-likeness (QED) is 0.165. The predicted molar refractivity (Wildman–Crippen MR) is 171 cm³/mol. The fourth-order valence-electron chi connectivity index (χ4n) is 9.18. The fraction of sp³-hybridized carbons (Fsp3) is 0.641. The number of ether oxygens (including phenoxy) is 1. The van der Waals surface area contributed by atoms with Gasteiger partial charge in [0.05, 0.1) is 5.56 Å². The van der Waals surface area contributed by atoms with E-state index in [-0.39, 0.29) is 23.6 Å². The molecule has 0 amide bonds. The third-order valence-electron chi connectivity index (χ3n) is 11.8. The highest BCUT2D eigenvalue weighted by atomic mass is 19.4. The maximum absolute atomic E-state index is 15.2. The lowest BCUT2D eigenvalue weighted by Gasteiger charge is -2.41. The molecule has 0 saturated heterocycles. The molecule has 5 rings (SSSR count). The molecule has 0 atom stereocenters. The molecule has 0 bridgehead atoms. The molecule has 51 heavy (non-hydrogen) atoms. The molecule has 2 aromatic rings. The van der Waals surface area contributed by atoms with Crippen LogP contribution in [0.3, 0.4) is 0 Å². The summed E-state index contributed by atoms with van der Waals surface area (Å²) < 4.78 is 156. The molecule has 0 aliphatic heterocycles. The Balaban J connectivity index is 1.15. The van der Waals surface area contributed by atoms with E-state index in [0.29, 0.717) is 24.7 Å². The Morgan fingerprint density at radius 2 is 1.04 bits per heavy atom. The van der Waals surface area contributed by atoms with E-state index in [9.17, 15) is 30.7 Å². The molecule has 0 unspecified atom stereocenters. The number of hydrogen-bond donors (Lipinski definition) is 0. The van der Waals surface area contributed by atoms with Crippen LogP contribution in [0.1, 0.15) is 125 Å². The predicted octanol–water partition coefficient (Wildman–Crippen LogP) is 13.4. The van der Waals surface area contributed by atoms with Gasteiger partial charge in [0.1, 0.15) is 28.8 Å². The number of rotatable bonds is 11. The fourth-order valence-corrected chi connectivity index (χ4v) is 9.18. The molecule has 1 nitrogen and oxygen atoms in total. The van der Waals surface area contributed by atoms with Crippen LogP contribution in [0.5, 0.6) is 0 Å². The highest BCUT2D eigenvalue weighted by molar-refractivity contribution is 5.35. The Bertz CT molecular complexity index is 1450. The van der Waals surface area contributed by atoms with E-state index in [2.05, 4.69) is 23.8 Å². The molecule has 0 heterocycles. The van der Waals surface area contributed by atoms with Crippen LogP contribution in [0.2, 0.25) is 0 Å². The minimum atomic E-state index is -5.97. The van der Waals surface area contributed by atoms with Gasteiger partial charge in [0.25, 0.3) is 5.92 Å². The first kappa shape index (κ1) is 39.6. The molecule has 3 fully saturated rings. The Hall–Kier alpha value is -2.63. The van der Waals surface area contributed by atoms with Crippen molar-refractivity contribution in [1.82, 2.24) is 0 Å². The van der Waals surface area contributed by atoms with E-state index in [1.54, 1.807) is 0 Å². The average molecular weight is 739 g/mol. The largest absolute Gasteiger partial charge is 0.527 e. The van der Waals surface area contributed by atoms with Gasteiger partial charge >= 0.3 is 12.5 Å². The Kier molecular flexibility index (Phi) is 12.5. The van der Waals surface area contributed by atoms with Gasteiger partial charge < -0.3 is 0 Å². The van der Waals surface area contributed by atoms with Gasteiger partial charge in [-0.2, -0.15) is 8.78 Å². The summed E-state index contributed by atoms with van der Waals surface area (Å²) in [6.45, 7) is 2.06. The van der Waals surface area contributed by atoms with Crippen LogP contribution in [0.15, 0.2) is 36.4 Å². The van der Waals surface area contributed by atoms with Gasteiger partial charge in [0.2, 0.25) is 0 Å². The lowest BCUT2D eigenvalue weighted by molar-refractivity contribution is -0.432. The smallest absolute Gasteiger partial charge is 0.222 e. The van der Waals surface area contributed by atoms with Crippen LogP contribution < -0.4 is 0 Å². The zero-order valence-corrected chi connectivity index (χ0v) is 28.6. The van der Waals surface area contributed by atoms with E-state index in [4.69, 9.17) is 0 Å². The summed E-state index contributed by atoms with van der Waals surface area (Å²) in [6, 6.07) is 1.59. The van der Waals surface area contributed by atoms with Crippen LogP contribution >= 0.6 is 0 Å². The maximum atomic E-state index is 15.2. The minimum Gasteiger partial charge on any atom is -0.222 e. The minimum absolute atomic E-state index is 0.0480. The molecule has 0 N–H and O–H groups in total. The maximum Gasteiger partial charge on any atom is 0.527 e. The van der Waals surface area contributed by atoms with Crippen molar-refractivity contribution < 1.29 is 53.0 Å². The Labute approximate surface area is 292 Å². The van der Waals surface area contributed by atoms with Gasteiger partial charge in [-0.15, -0.1) is 13.2 Å². The second kappa shape index (κ2) is 16.2. The lowest BCUT2D eigenvalue weighted by Crippen LogP contribution is -2.30. The van der Waals surface area contributed by atoms with Gasteiger partial charge in [-0.25, -0.2) is 31.1 Å². The van der Waals surface area contributed by atoms with E-state index in [1.165, 1.54) is 64.2 Å². The van der Waals surface area contributed by atoms with Crippen molar-refractivity contribution in [2.24, 2.45) is 29.6 Å². The van der Waals surface area contributed by atoms with E-state index < -0.39 is 64.8 Å². The summed E-state index contributed by atoms with van der Waals surface area (Å²) in [5, 5.41) is 0. The molecule has 0 aromatic heterocycles. The SMILES string of the molecule is C/C=C/CCC1CCC(C2CCC(C3CCC(c4cc(F)c(C(F)(F)Cc5cc(F)c(C(F)(F)OC(F)(F)F)c(F)c5)c(F)c4)CC3)CC2)CC1. The third kappa shape index (κ3) is 9.87. The van der Waals surface area contributed by atoms with Gasteiger partial charge in [-0.3, -0.25) is 0 Å². The van der Waals surface area contributed by atoms with Gasteiger partial charge in [-0.1, -0.05) is 25.0 Å². The molecule has 3 aliphatic rings. The third-order valence-corrected chi connectivity index (χ3v) is 11.8. The van der Waals surface area contributed by atoms with Crippen LogP contribution in [0.4, 0.5) is 48.3 Å². The molecule has 3 saturated carbocycles. The van der Waals surface area contributed by atoms with Crippen molar-refractivity contribution in [3.8, 4) is 0 Å². The Morgan fingerprint density at radius 1 is 0.608 bits per heavy atom. The second-order valence-corrected chi connectivity index (χ2v) is 15.0. The zero-order valence-electron chi connectivity index (χ0n) is 28.6. The number of benzene rings is 2. The Morgan fingerprint density at radius 3 is 1.49 bits per heavy atom. The van der Waals surface area contributed by atoms with Crippen LogP contribution in [-0.2, 0) is 23.2 Å². The van der Waals surface area contributed by atoms with Crippen LogP contribution in [-0.4, -0.2) is 6.36 Å². The standard InChI is InChI=1S/C39H45F11O/c1-2-3-4-5-23-6-8-25(9-7-23)26-10-12-27(13-11-26)28-14-16-29(17-15-28)30-20-33(42)35(34(43)21-30)37(44,45)22-24-18-31(40)36(32(41)19-24)38(46,47)51-39(48,49)50/h2-3,18-21,23,25-29H,4-17,22H2,1H3/b3-2+. The number of hydrogen-bond acceptors (Lipinski definition) is 1. The van der Waals surface area contributed by atoms with Crippen molar-refractivity contribution in [3.05, 3.63) is 81.9 Å². The van der Waals surface area contributed by atoms with Crippen LogP contribution in [0.25, 0.3) is 0 Å². The first-order valence-electron chi connectivity index (χ1n) is 18.1. The molecule has 3 aliphatic carbocycles. The van der Waals surface area contributed by atoms with Gasteiger partial charge in [0, 0.05) is 6.42 Å². The normalized spacial score (nSPS) is 26.9. The van der Waals surface area contributed by atoms with Crippen molar-refractivity contribution >= 4 is 0 Å². The van der Waals surface area contributed by atoms with Crippen molar-refractivity contribution in [2.45, 2.75) is 128 Å². The van der Waals surface area contributed by atoms with Crippen LogP contribution in [0, 0.1) is 52.9 Å². The summed E-state index contributed by atoms with van der Waals surface area (Å²) in [7, 11) is 0. The number of halogens is 11. The van der Waals surface area contributed by atoms with E-state index in [1.807, 2.05) is 0 Å². The highest BCUT2D eigenvalue weighted by Crippen LogP contribution is 2.48. The first-order chi connectivity index (χ1) is 24.0. The topological polar surface area (TPSA) is 9.23 Å². The van der Waals surface area contributed by atoms with Crippen molar-refractivity contribution in [3.63, 3.8) is 0 Å². The van der Waals surface area contributed by atoms with Gasteiger partial charge in [0.15, 0.2) is 0 Å². The number of alkyl halides is 7. The average Bonchev–Trinajstić information content (AvgIpc) is 3.03. The first-order valence-corrected chi connectivity index (χ1v) is 18.1. The zero-order chi connectivity index (χ0) is 37.1. The second-order valence-electron chi connectivity index (χ2n) is 15.0. The molecule has 2 aromatic carbocycles. The number of allylic oxidation sites excluding steroid dienone is 2. The molecule has 284 valence electrons. The molecular formula is C39H45F11O. The van der Waals surface area contributed by atoms with Crippen molar-refractivity contribution in [2.75, 3.05) is 0 Å². The van der Waals surface area contributed by atoms with Gasteiger partial charge in [-0.05, 0) is 155 Å². The molecule has 0 radical (unpaired) electrons. The monoisotopic (exact) mass is 738 g/mol. The summed E-state index contributed by atoms with van der Waals surface area (Å²) in [5.41, 5.74) is -4.88. The summed E-state index contributed by atoms with van der Waals surface area (Å²) in [5.74, 6) is -8.78. The highest BCUT2D eigenvalue weighted by Gasteiger charge is 2.50. The lowest BCUT2D eigenvalue weighted by atomic mass is 9.64. The summed E-state index contributed by atoms with van der Waals surface area (Å²) >= 11 is 0. The van der Waals surface area contributed by atoms with Crippen molar-refractivity contribution in [1.29, 1.82) is 0 Å². The summed E-state index contributed by atoms with van der Waals surface area (Å²) in [4.78, 5) is 0. The molecule has 12 heteroatoms. The molecule has 0 spiro atoms. The van der Waals surface area contributed by atoms with E-state index >= 15 is 17.6 Å². The molecular weight excluding hydrogens is 693 g/mol. The van der Waals surface area contributed by atoms with E-state index in [0.717, 1.165) is 42.7 Å². The summed E-state index contributed by atoms with van der Waals surface area (Å²) in [6.07, 6.45) is 6.87.